The number of unbranched alkanes of at least 4 members (excludes halogenated alkanes) is 22. The van der Waals surface area contributed by atoms with E-state index in [-0.39, 0.29) is 12.5 Å². The molecule has 0 fully saturated rings. The first-order valence-corrected chi connectivity index (χ1v) is 30.2. The number of hydrogen-bond acceptors (Lipinski definition) is 6. The fourth-order valence-electron chi connectivity index (χ4n) is 7.76. The van der Waals surface area contributed by atoms with Crippen molar-refractivity contribution in [1.82, 2.24) is 5.32 Å². The summed E-state index contributed by atoms with van der Waals surface area (Å²) in [6, 6.07) is -0.909. The van der Waals surface area contributed by atoms with Crippen LogP contribution in [0.1, 0.15) is 226 Å². The zero-order chi connectivity index (χ0) is 52.0. The number of rotatable bonds is 51. The van der Waals surface area contributed by atoms with Crippen LogP contribution in [0.25, 0.3) is 0 Å². The number of nitrogens with zero attached hydrogens (tertiary/aromatic N) is 1. The first-order chi connectivity index (χ1) is 34.5. The predicted octanol–water partition coefficient (Wildman–Crippen LogP) is 17.0. The van der Waals surface area contributed by atoms with Crippen LogP contribution in [-0.2, 0) is 18.4 Å². The van der Waals surface area contributed by atoms with Gasteiger partial charge in [0, 0.05) is 6.42 Å². The molecule has 0 aromatic heterocycles. The molecular formula is C62H109N2O6P. The summed E-state index contributed by atoms with van der Waals surface area (Å²) in [6.07, 6.45) is 75.8. The van der Waals surface area contributed by atoms with Crippen molar-refractivity contribution >= 4 is 13.7 Å². The summed E-state index contributed by atoms with van der Waals surface area (Å²) in [5, 5.41) is 13.9. The van der Waals surface area contributed by atoms with Gasteiger partial charge < -0.3 is 28.8 Å². The van der Waals surface area contributed by atoms with Crippen molar-refractivity contribution in [3.05, 3.63) is 109 Å². The van der Waals surface area contributed by atoms with Gasteiger partial charge in [-0.3, -0.25) is 9.36 Å². The van der Waals surface area contributed by atoms with E-state index < -0.39 is 26.6 Å². The zero-order valence-corrected chi connectivity index (χ0v) is 47.3. The molecule has 9 heteroatoms. The molecule has 0 radical (unpaired) electrons. The van der Waals surface area contributed by atoms with Crippen molar-refractivity contribution < 1.29 is 32.9 Å². The van der Waals surface area contributed by atoms with Crippen LogP contribution in [0, 0.1) is 0 Å². The summed E-state index contributed by atoms with van der Waals surface area (Å²) >= 11 is 0. The lowest BCUT2D eigenvalue weighted by molar-refractivity contribution is -0.870. The average Bonchev–Trinajstić information content (AvgIpc) is 3.33. The zero-order valence-electron chi connectivity index (χ0n) is 46.4. The summed E-state index contributed by atoms with van der Waals surface area (Å²) in [5.74, 6) is -0.225. The molecule has 1 amide bonds. The molecule has 0 rings (SSSR count). The Balaban J connectivity index is 4.33. The molecule has 2 N–H and O–H groups in total. The van der Waals surface area contributed by atoms with Crippen LogP contribution in [0.4, 0.5) is 0 Å². The Kier molecular flexibility index (Phi) is 50.0. The second-order valence-corrected chi connectivity index (χ2v) is 21.7. The van der Waals surface area contributed by atoms with E-state index in [2.05, 4.69) is 116 Å². The first kappa shape index (κ1) is 68.2. The van der Waals surface area contributed by atoms with Gasteiger partial charge in [0.1, 0.15) is 13.2 Å². The quantitative estimate of drug-likeness (QED) is 0.0272. The molecule has 0 spiro atoms. The summed E-state index contributed by atoms with van der Waals surface area (Å²) in [6.45, 7) is 4.51. The summed E-state index contributed by atoms with van der Waals surface area (Å²) in [4.78, 5) is 25.5. The van der Waals surface area contributed by atoms with E-state index in [4.69, 9.17) is 9.05 Å². The Morgan fingerprint density at radius 1 is 0.507 bits per heavy atom. The number of aliphatic hydroxyl groups excluding tert-OH is 1. The van der Waals surface area contributed by atoms with Gasteiger partial charge in [0.05, 0.1) is 39.9 Å². The first-order valence-electron chi connectivity index (χ1n) is 28.7. The Morgan fingerprint density at radius 3 is 1.25 bits per heavy atom. The Labute approximate surface area is 438 Å². The second kappa shape index (κ2) is 52.0. The topological polar surface area (TPSA) is 108 Å². The second-order valence-electron chi connectivity index (χ2n) is 20.3. The third-order valence-corrected chi connectivity index (χ3v) is 13.2. The van der Waals surface area contributed by atoms with Crippen LogP contribution in [0.15, 0.2) is 109 Å². The summed E-state index contributed by atoms with van der Waals surface area (Å²) in [5.41, 5.74) is 0. The van der Waals surface area contributed by atoms with E-state index in [0.29, 0.717) is 17.4 Å². The van der Waals surface area contributed by atoms with Crippen molar-refractivity contribution in [2.75, 3.05) is 40.9 Å². The van der Waals surface area contributed by atoms with Crippen molar-refractivity contribution in [1.29, 1.82) is 0 Å². The van der Waals surface area contributed by atoms with Gasteiger partial charge in [0.2, 0.25) is 5.91 Å². The number of quaternary nitrogens is 1. The third kappa shape index (κ3) is 54.8. The molecule has 71 heavy (non-hydrogen) atoms. The fourth-order valence-corrected chi connectivity index (χ4v) is 8.48. The van der Waals surface area contributed by atoms with Crippen LogP contribution in [0.2, 0.25) is 0 Å². The van der Waals surface area contributed by atoms with Crippen molar-refractivity contribution in [3.8, 4) is 0 Å². The number of carbonyl (C=O) groups is 1. The van der Waals surface area contributed by atoms with Gasteiger partial charge in [-0.05, 0) is 83.5 Å². The molecule has 0 heterocycles. The van der Waals surface area contributed by atoms with E-state index in [0.717, 1.165) is 103 Å². The van der Waals surface area contributed by atoms with E-state index in [1.165, 1.54) is 103 Å². The van der Waals surface area contributed by atoms with E-state index in [1.54, 1.807) is 6.08 Å². The maximum absolute atomic E-state index is 13.0. The van der Waals surface area contributed by atoms with Crippen LogP contribution in [0.3, 0.4) is 0 Å². The molecule has 0 aliphatic rings. The lowest BCUT2D eigenvalue weighted by Crippen LogP contribution is -2.45. The van der Waals surface area contributed by atoms with E-state index >= 15 is 0 Å². The van der Waals surface area contributed by atoms with Gasteiger partial charge in [-0.1, -0.05) is 245 Å². The number of nitrogens with one attached hydrogen (secondary N) is 1. The van der Waals surface area contributed by atoms with Gasteiger partial charge in [0.25, 0.3) is 7.82 Å². The van der Waals surface area contributed by atoms with Crippen molar-refractivity contribution in [3.63, 3.8) is 0 Å². The summed E-state index contributed by atoms with van der Waals surface area (Å²) in [7, 11) is 1.23. The normalized spacial score (nSPS) is 14.7. The van der Waals surface area contributed by atoms with Gasteiger partial charge in [-0.25, -0.2) is 0 Å². The molecule has 8 nitrogen and oxygen atoms in total. The number of likely N-dealkylation sites (N-methyl/N-ethyl adjacent to an activating group) is 1. The lowest BCUT2D eigenvalue weighted by atomic mass is 10.0. The molecule has 0 aromatic rings. The summed E-state index contributed by atoms with van der Waals surface area (Å²) < 4.78 is 23.3. The number of carbonyl (C=O) groups excluding carboxylic acids is 1. The minimum atomic E-state index is -4.61. The molecule has 3 atom stereocenters. The van der Waals surface area contributed by atoms with Crippen molar-refractivity contribution in [2.45, 2.75) is 238 Å². The molecule has 0 saturated heterocycles. The van der Waals surface area contributed by atoms with Crippen LogP contribution in [0.5, 0.6) is 0 Å². The lowest BCUT2D eigenvalue weighted by Gasteiger charge is -2.29. The van der Waals surface area contributed by atoms with Gasteiger partial charge in [-0.15, -0.1) is 0 Å². The monoisotopic (exact) mass is 1010 g/mol. The number of amides is 1. The van der Waals surface area contributed by atoms with Gasteiger partial charge in [-0.2, -0.15) is 0 Å². The van der Waals surface area contributed by atoms with E-state index in [1.807, 2.05) is 27.2 Å². The SMILES string of the molecule is CC/C=C\C/C=C\C/C=C\C/C=C\C/C=C\C/C=C\C/C=C\C/C=C\CCCCCCC(=O)NC(COP(=O)([O-])OCC[N+](C)(C)C)C(O)/C=C/CCCCCCCCCCCCCCCCCCCC. The standard InChI is InChI=1S/C62H109N2O6P/c1-6-8-10-12-14-16-18-20-22-24-26-28-29-30-31-32-33-34-35-36-38-40-42-44-46-48-50-52-54-56-62(66)63-60(59-70-71(67,68)69-58-57-64(3,4)5)61(65)55-53-51-49-47-45-43-41-39-37-27-25-23-21-19-17-15-13-11-9-7-2/h8,10,14,16,20,22,26,28,30-31,33-34,36,38,42,44,53,55,60-61,65H,6-7,9,11-13,15,17-19,21,23-25,27,29,32,35,37,39-41,43,45-52,54,56-59H2,1-5H3,(H-,63,66,67,68)/b10-8-,16-14-,22-20-,28-26-,31-30-,34-33-,38-36-,44-42-,55-53+. The highest BCUT2D eigenvalue weighted by atomic mass is 31.2. The number of phosphoric ester groups is 1. The molecular weight excluding hydrogens is 900 g/mol. The number of allylic oxidation sites excluding steroid dienone is 17. The van der Waals surface area contributed by atoms with Crippen LogP contribution < -0.4 is 10.2 Å². The highest BCUT2D eigenvalue weighted by molar-refractivity contribution is 7.45. The van der Waals surface area contributed by atoms with Crippen LogP contribution in [-0.4, -0.2) is 68.5 Å². The Hall–Kier alpha value is -2.84. The molecule has 0 bridgehead atoms. The molecule has 0 aromatic carbocycles. The number of hydrogen-bond donors (Lipinski definition) is 2. The molecule has 3 unspecified atom stereocenters. The number of phosphoric acid groups is 1. The molecule has 0 aliphatic carbocycles. The Bertz CT molecular complexity index is 1520. The molecule has 0 aliphatic heterocycles. The highest BCUT2D eigenvalue weighted by Crippen LogP contribution is 2.38. The maximum atomic E-state index is 13.0. The minimum absolute atomic E-state index is 0.0122. The largest absolute Gasteiger partial charge is 0.756 e. The molecule has 0 saturated carbocycles. The minimum Gasteiger partial charge on any atom is -0.756 e. The van der Waals surface area contributed by atoms with Crippen LogP contribution >= 0.6 is 7.82 Å². The van der Waals surface area contributed by atoms with E-state index in [9.17, 15) is 19.4 Å². The molecule has 408 valence electrons. The Morgan fingerprint density at radius 2 is 0.859 bits per heavy atom. The van der Waals surface area contributed by atoms with Crippen molar-refractivity contribution in [2.24, 2.45) is 0 Å². The van der Waals surface area contributed by atoms with Gasteiger partial charge >= 0.3 is 0 Å². The average molecular weight is 1010 g/mol. The number of aliphatic hydroxyl groups is 1. The highest BCUT2D eigenvalue weighted by Gasteiger charge is 2.23. The maximum Gasteiger partial charge on any atom is 0.268 e. The third-order valence-electron chi connectivity index (χ3n) is 12.2. The van der Waals surface area contributed by atoms with Gasteiger partial charge in [0.15, 0.2) is 0 Å². The predicted molar refractivity (Wildman–Crippen MR) is 306 cm³/mol. The fraction of sp³-hybridized carbons (Fsp3) is 0.694. The smallest absolute Gasteiger partial charge is 0.268 e.